The lowest BCUT2D eigenvalue weighted by Crippen LogP contribution is -1.89. The van der Waals surface area contributed by atoms with Crippen molar-refractivity contribution in [3.63, 3.8) is 0 Å². The summed E-state index contributed by atoms with van der Waals surface area (Å²) < 4.78 is 27.9. The maximum Gasteiger partial charge on any atom is 0.167 e. The van der Waals surface area contributed by atoms with Crippen molar-refractivity contribution in [1.82, 2.24) is 0 Å². The topological polar surface area (TPSA) is 0 Å². The highest BCUT2D eigenvalue weighted by Gasteiger charge is 2.14. The fourth-order valence-electron chi connectivity index (χ4n) is 2.93. The highest BCUT2D eigenvalue weighted by atomic mass is 19.2. The van der Waals surface area contributed by atoms with Crippen molar-refractivity contribution < 1.29 is 8.78 Å². The zero-order valence-electron chi connectivity index (χ0n) is 10.5. The summed E-state index contributed by atoms with van der Waals surface area (Å²) >= 11 is 0. The molecule has 0 aliphatic carbocycles. The predicted molar refractivity (Wildman–Crippen MR) is 78.9 cm³/mol. The van der Waals surface area contributed by atoms with Crippen LogP contribution in [-0.4, -0.2) is 0 Å². The van der Waals surface area contributed by atoms with Crippen LogP contribution in [-0.2, 0) is 0 Å². The van der Waals surface area contributed by atoms with E-state index in [-0.39, 0.29) is 0 Å². The monoisotopic (exact) mass is 264 g/mol. The maximum absolute atomic E-state index is 14.3. The van der Waals surface area contributed by atoms with Gasteiger partial charge in [-0.05, 0) is 33.0 Å². The minimum atomic E-state index is -0.807. The summed E-state index contributed by atoms with van der Waals surface area (Å²) in [6, 6.07) is 18.2. The Balaban J connectivity index is 2.46. The second-order valence-corrected chi connectivity index (χ2v) is 4.88. The minimum Gasteiger partial charge on any atom is -0.204 e. The van der Waals surface area contributed by atoms with Crippen molar-refractivity contribution in [2.24, 2.45) is 0 Å². The smallest absolute Gasteiger partial charge is 0.167 e. The molecular weight excluding hydrogens is 254 g/mol. The van der Waals surface area contributed by atoms with Gasteiger partial charge in [0.15, 0.2) is 11.6 Å². The summed E-state index contributed by atoms with van der Waals surface area (Å²) in [5.74, 6) is -1.58. The number of hydrogen-bond donors (Lipinski definition) is 0. The van der Waals surface area contributed by atoms with Gasteiger partial charge in [-0.3, -0.25) is 0 Å². The van der Waals surface area contributed by atoms with Gasteiger partial charge in [0, 0.05) is 5.39 Å². The molecule has 0 aliphatic rings. The number of hydrogen-bond acceptors (Lipinski definition) is 0. The van der Waals surface area contributed by atoms with Crippen molar-refractivity contribution in [1.29, 1.82) is 0 Å². The summed E-state index contributed by atoms with van der Waals surface area (Å²) in [7, 11) is 0. The van der Waals surface area contributed by atoms with Gasteiger partial charge in [-0.2, -0.15) is 0 Å². The molecule has 0 nitrogen and oxygen atoms in total. The molecule has 2 heteroatoms. The first-order valence-electron chi connectivity index (χ1n) is 6.44. The highest BCUT2D eigenvalue weighted by molar-refractivity contribution is 6.25. The molecule has 0 saturated heterocycles. The number of rotatable bonds is 0. The standard InChI is InChI=1S/C18H10F2/c19-16-10-9-15-13-7-2-1-5-11(13)12-6-3-4-8-14(12)17(15)18(16)20/h1-10H. The van der Waals surface area contributed by atoms with Gasteiger partial charge in [0.2, 0.25) is 0 Å². The van der Waals surface area contributed by atoms with E-state index in [4.69, 9.17) is 0 Å². The molecule has 4 aromatic rings. The van der Waals surface area contributed by atoms with E-state index in [2.05, 4.69) is 0 Å². The molecule has 0 heterocycles. The lowest BCUT2D eigenvalue weighted by atomic mass is 9.94. The number of fused-ring (bicyclic) bond motifs is 6. The van der Waals surface area contributed by atoms with Gasteiger partial charge >= 0.3 is 0 Å². The Morgan fingerprint density at radius 2 is 0.950 bits per heavy atom. The second-order valence-electron chi connectivity index (χ2n) is 4.88. The second kappa shape index (κ2) is 4.01. The third-order valence-corrected chi connectivity index (χ3v) is 3.80. The largest absolute Gasteiger partial charge is 0.204 e. The van der Waals surface area contributed by atoms with Crippen LogP contribution in [0.4, 0.5) is 8.78 Å². The maximum atomic E-state index is 14.3. The molecular formula is C18H10F2. The SMILES string of the molecule is Fc1ccc2c3ccccc3c3ccccc3c2c1F. The predicted octanol–water partition coefficient (Wildman–Crippen LogP) is 5.42. The Morgan fingerprint density at radius 3 is 1.55 bits per heavy atom. The molecule has 4 rings (SSSR count). The Bertz CT molecular complexity index is 936. The summed E-state index contributed by atoms with van der Waals surface area (Å²) in [5, 5.41) is 4.80. The van der Waals surface area contributed by atoms with Crippen LogP contribution in [0, 0.1) is 11.6 Å². The van der Waals surface area contributed by atoms with Crippen LogP contribution >= 0.6 is 0 Å². The first-order chi connectivity index (χ1) is 9.77. The summed E-state index contributed by atoms with van der Waals surface area (Å²) in [5.41, 5.74) is 0. The molecule has 0 fully saturated rings. The third kappa shape index (κ3) is 1.39. The van der Waals surface area contributed by atoms with Crippen LogP contribution in [0.3, 0.4) is 0 Å². The van der Waals surface area contributed by atoms with Gasteiger partial charge in [0.25, 0.3) is 0 Å². The fraction of sp³-hybridized carbons (Fsp3) is 0. The first-order valence-corrected chi connectivity index (χ1v) is 6.44. The van der Waals surface area contributed by atoms with Crippen LogP contribution < -0.4 is 0 Å². The molecule has 96 valence electrons. The van der Waals surface area contributed by atoms with E-state index in [1.165, 1.54) is 6.07 Å². The highest BCUT2D eigenvalue weighted by Crippen LogP contribution is 2.36. The average Bonchev–Trinajstić information content (AvgIpc) is 2.50. The molecule has 0 aromatic heterocycles. The van der Waals surface area contributed by atoms with Crippen LogP contribution in [0.15, 0.2) is 60.7 Å². The van der Waals surface area contributed by atoms with E-state index in [1.54, 1.807) is 6.07 Å². The van der Waals surface area contributed by atoms with E-state index >= 15 is 0 Å². The van der Waals surface area contributed by atoms with Gasteiger partial charge in [-0.15, -0.1) is 0 Å². The molecule has 4 aromatic carbocycles. The molecule has 0 N–H and O–H groups in total. The van der Waals surface area contributed by atoms with Crippen LogP contribution in [0.1, 0.15) is 0 Å². The van der Waals surface area contributed by atoms with E-state index in [9.17, 15) is 8.78 Å². The molecule has 0 saturated carbocycles. The van der Waals surface area contributed by atoms with Gasteiger partial charge in [-0.25, -0.2) is 8.78 Å². The van der Waals surface area contributed by atoms with Crippen molar-refractivity contribution in [2.75, 3.05) is 0 Å². The fourth-order valence-corrected chi connectivity index (χ4v) is 2.93. The van der Waals surface area contributed by atoms with E-state index in [0.717, 1.165) is 26.9 Å². The van der Waals surface area contributed by atoms with Crippen molar-refractivity contribution in [3.8, 4) is 0 Å². The Hall–Kier alpha value is -2.48. The zero-order chi connectivity index (χ0) is 13.7. The molecule has 0 amide bonds. The van der Waals surface area contributed by atoms with Gasteiger partial charge in [0.05, 0.1) is 0 Å². The Labute approximate surface area is 114 Å². The van der Waals surface area contributed by atoms with E-state index in [1.807, 2.05) is 48.5 Å². The van der Waals surface area contributed by atoms with Crippen LogP contribution in [0.2, 0.25) is 0 Å². The number of benzene rings is 4. The lowest BCUT2D eigenvalue weighted by Gasteiger charge is -2.11. The van der Waals surface area contributed by atoms with Gasteiger partial charge in [-0.1, -0.05) is 54.6 Å². The zero-order valence-corrected chi connectivity index (χ0v) is 10.5. The van der Waals surface area contributed by atoms with Gasteiger partial charge < -0.3 is 0 Å². The first kappa shape index (κ1) is 11.4. The van der Waals surface area contributed by atoms with Gasteiger partial charge in [0.1, 0.15) is 0 Å². The number of halogens is 2. The summed E-state index contributed by atoms with van der Waals surface area (Å²) in [6.45, 7) is 0. The van der Waals surface area contributed by atoms with E-state index in [0.29, 0.717) is 5.39 Å². The molecule has 0 aliphatic heterocycles. The van der Waals surface area contributed by atoms with Crippen molar-refractivity contribution in [3.05, 3.63) is 72.3 Å². The molecule has 0 atom stereocenters. The molecule has 0 spiro atoms. The minimum absolute atomic E-state index is 0.360. The molecule has 20 heavy (non-hydrogen) atoms. The summed E-state index contributed by atoms with van der Waals surface area (Å²) in [6.07, 6.45) is 0. The molecule has 0 unspecified atom stereocenters. The Kier molecular flexibility index (Phi) is 2.27. The Morgan fingerprint density at radius 1 is 0.500 bits per heavy atom. The summed E-state index contributed by atoms with van der Waals surface area (Å²) in [4.78, 5) is 0. The van der Waals surface area contributed by atoms with E-state index < -0.39 is 11.6 Å². The molecule has 0 bridgehead atoms. The quantitative estimate of drug-likeness (QED) is 0.372. The lowest BCUT2D eigenvalue weighted by molar-refractivity contribution is 0.517. The third-order valence-electron chi connectivity index (χ3n) is 3.80. The normalized spacial score (nSPS) is 11.5. The van der Waals surface area contributed by atoms with Crippen LogP contribution in [0.25, 0.3) is 32.3 Å². The molecule has 0 radical (unpaired) electrons. The average molecular weight is 264 g/mol. The van der Waals surface area contributed by atoms with Crippen LogP contribution in [0.5, 0.6) is 0 Å². The van der Waals surface area contributed by atoms with Crippen molar-refractivity contribution in [2.45, 2.75) is 0 Å². The van der Waals surface area contributed by atoms with Crippen molar-refractivity contribution >= 4 is 32.3 Å².